The number of hydrogen-bond donors (Lipinski definition) is 1. The first-order valence-corrected chi connectivity index (χ1v) is 10.7. The molecule has 2 saturated heterocycles. The first kappa shape index (κ1) is 20.1. The van der Waals surface area contributed by atoms with Crippen LogP contribution in [0.25, 0.3) is 0 Å². The van der Waals surface area contributed by atoms with Gasteiger partial charge in [0, 0.05) is 42.9 Å². The summed E-state index contributed by atoms with van der Waals surface area (Å²) in [5.74, 6) is -0.385. The van der Waals surface area contributed by atoms with E-state index in [1.807, 2.05) is 4.90 Å². The van der Waals surface area contributed by atoms with Crippen LogP contribution in [0.4, 0.5) is 4.39 Å². The molecule has 158 valence electrons. The predicted molar refractivity (Wildman–Crippen MR) is 107 cm³/mol. The first-order chi connectivity index (χ1) is 13.9. The Bertz CT molecular complexity index is 827. The molecule has 3 fully saturated rings. The molecule has 1 saturated carbocycles. The normalized spacial score (nSPS) is 31.1. The van der Waals surface area contributed by atoms with E-state index in [0.29, 0.717) is 11.1 Å². The maximum atomic E-state index is 13.2. The number of carbonyl (C=O) groups excluding carboxylic acids is 2. The molecule has 2 bridgehead atoms. The molecule has 5 atom stereocenters. The van der Waals surface area contributed by atoms with Gasteiger partial charge in [-0.15, -0.1) is 0 Å². The molecule has 3 heterocycles. The molecule has 29 heavy (non-hydrogen) atoms. The lowest BCUT2D eigenvalue weighted by molar-refractivity contribution is -0.127. The molecule has 6 nitrogen and oxygen atoms in total. The van der Waals surface area contributed by atoms with Gasteiger partial charge < -0.3 is 14.8 Å². The van der Waals surface area contributed by atoms with Crippen LogP contribution in [0.15, 0.2) is 17.1 Å². The Morgan fingerprint density at radius 3 is 2.48 bits per heavy atom. The number of alkyl halides is 1. The summed E-state index contributed by atoms with van der Waals surface area (Å²) < 4.78 is 14.6. The highest BCUT2D eigenvalue weighted by atomic mass is 19.1. The number of aromatic nitrogens is 1. The maximum Gasteiger partial charge on any atom is 0.255 e. The van der Waals surface area contributed by atoms with E-state index in [4.69, 9.17) is 0 Å². The zero-order chi connectivity index (χ0) is 20.7. The van der Waals surface area contributed by atoms with Crippen molar-refractivity contribution in [1.29, 1.82) is 0 Å². The maximum absolute atomic E-state index is 13.2. The van der Waals surface area contributed by atoms with Crippen LogP contribution in [0, 0.1) is 18.8 Å². The van der Waals surface area contributed by atoms with Crippen LogP contribution in [-0.2, 0) is 11.8 Å². The van der Waals surface area contributed by atoms with Crippen molar-refractivity contribution < 1.29 is 14.0 Å². The fourth-order valence-corrected chi connectivity index (χ4v) is 5.65. The minimum atomic E-state index is -0.421. The van der Waals surface area contributed by atoms with E-state index in [0.717, 1.165) is 44.9 Å². The number of pyridine rings is 1. The second-order valence-electron chi connectivity index (χ2n) is 9.05. The van der Waals surface area contributed by atoms with Gasteiger partial charge in [-0.2, -0.15) is 0 Å². The Kier molecular flexibility index (Phi) is 5.49. The van der Waals surface area contributed by atoms with E-state index in [1.165, 1.54) is 4.57 Å². The van der Waals surface area contributed by atoms with Crippen LogP contribution in [0.2, 0.25) is 0 Å². The molecule has 1 aliphatic carbocycles. The van der Waals surface area contributed by atoms with Crippen molar-refractivity contribution in [3.05, 3.63) is 33.7 Å². The van der Waals surface area contributed by atoms with Crippen molar-refractivity contribution in [2.24, 2.45) is 18.9 Å². The molecule has 2 aliphatic heterocycles. The Balaban J connectivity index is 1.43. The second kappa shape index (κ2) is 7.92. The van der Waals surface area contributed by atoms with E-state index in [9.17, 15) is 18.8 Å². The van der Waals surface area contributed by atoms with Gasteiger partial charge in [-0.25, -0.2) is 0 Å². The Morgan fingerprint density at radius 1 is 1.17 bits per heavy atom. The van der Waals surface area contributed by atoms with Crippen molar-refractivity contribution in [3.63, 3.8) is 0 Å². The summed E-state index contributed by atoms with van der Waals surface area (Å²) in [4.78, 5) is 39.7. The highest BCUT2D eigenvalue weighted by Crippen LogP contribution is 2.38. The number of amides is 2. The number of rotatable bonds is 4. The highest BCUT2D eigenvalue weighted by molar-refractivity contribution is 5.95. The van der Waals surface area contributed by atoms with Crippen LogP contribution in [-0.4, -0.2) is 46.1 Å². The molecule has 2 amide bonds. The number of carbonyl (C=O) groups is 2. The van der Waals surface area contributed by atoms with Crippen LogP contribution >= 0.6 is 0 Å². The summed E-state index contributed by atoms with van der Waals surface area (Å²) in [7, 11) is 1.66. The fourth-order valence-electron chi connectivity index (χ4n) is 5.65. The number of nitrogens with one attached hydrogen (secondary N) is 1. The number of piperidine rings is 1. The number of nitrogens with zero attached hydrogens (tertiary/aromatic N) is 2. The van der Waals surface area contributed by atoms with Gasteiger partial charge in [0.05, 0.1) is 12.2 Å². The second-order valence-corrected chi connectivity index (χ2v) is 9.05. The van der Waals surface area contributed by atoms with Crippen LogP contribution < -0.4 is 10.9 Å². The number of hydrogen-bond acceptors (Lipinski definition) is 3. The van der Waals surface area contributed by atoms with Crippen molar-refractivity contribution in [2.75, 3.05) is 6.67 Å². The van der Waals surface area contributed by atoms with E-state index in [2.05, 4.69) is 5.32 Å². The van der Waals surface area contributed by atoms with Crippen LogP contribution in [0.1, 0.15) is 60.9 Å². The summed E-state index contributed by atoms with van der Waals surface area (Å²) in [5, 5.41) is 3.16. The Morgan fingerprint density at radius 2 is 1.86 bits per heavy atom. The Hall–Kier alpha value is -2.18. The van der Waals surface area contributed by atoms with E-state index in [1.54, 1.807) is 26.2 Å². The topological polar surface area (TPSA) is 71.4 Å². The number of halogens is 1. The molecule has 3 aliphatic rings. The average molecular weight is 403 g/mol. The molecule has 1 N–H and O–H groups in total. The fraction of sp³-hybridized carbons (Fsp3) is 0.682. The minimum absolute atomic E-state index is 0.0111. The SMILES string of the molecule is Cc1cc(C(=O)N2[C@@H]3CC[C@H]2CC(NC(=O)[C@@H]2CCC[C@H]2CF)C3)cn(C)c1=O. The Labute approximate surface area is 170 Å². The number of fused-ring (bicyclic) bond motifs is 2. The van der Waals surface area contributed by atoms with E-state index < -0.39 is 6.67 Å². The van der Waals surface area contributed by atoms with Crippen LogP contribution in [0.3, 0.4) is 0 Å². The van der Waals surface area contributed by atoms with Gasteiger partial charge in [0.1, 0.15) is 0 Å². The highest BCUT2D eigenvalue weighted by Gasteiger charge is 2.44. The summed E-state index contributed by atoms with van der Waals surface area (Å²) in [6.07, 6.45) is 7.46. The summed E-state index contributed by atoms with van der Waals surface area (Å²) >= 11 is 0. The average Bonchev–Trinajstić information content (AvgIpc) is 3.27. The van der Waals surface area contributed by atoms with Gasteiger partial charge in [0.2, 0.25) is 5.91 Å². The van der Waals surface area contributed by atoms with Gasteiger partial charge in [0.25, 0.3) is 11.5 Å². The number of aryl methyl sites for hydroxylation is 2. The molecule has 4 rings (SSSR count). The van der Waals surface area contributed by atoms with Crippen molar-refractivity contribution in [3.8, 4) is 0 Å². The van der Waals surface area contributed by atoms with Gasteiger partial charge >= 0.3 is 0 Å². The molecule has 0 radical (unpaired) electrons. The quantitative estimate of drug-likeness (QED) is 0.839. The van der Waals surface area contributed by atoms with Gasteiger partial charge in [-0.1, -0.05) is 6.42 Å². The largest absolute Gasteiger partial charge is 0.353 e. The van der Waals surface area contributed by atoms with E-state index in [-0.39, 0.29) is 47.3 Å². The summed E-state index contributed by atoms with van der Waals surface area (Å²) in [6, 6.07) is 1.93. The van der Waals surface area contributed by atoms with Gasteiger partial charge in [-0.3, -0.25) is 18.8 Å². The van der Waals surface area contributed by atoms with Crippen LogP contribution in [0.5, 0.6) is 0 Å². The third kappa shape index (κ3) is 3.71. The van der Waals surface area contributed by atoms with Crippen molar-refractivity contribution >= 4 is 11.8 Å². The molecule has 1 unspecified atom stereocenters. The molecular weight excluding hydrogens is 373 g/mol. The lowest BCUT2D eigenvalue weighted by Gasteiger charge is -2.39. The lowest BCUT2D eigenvalue weighted by atomic mass is 9.93. The molecule has 0 aromatic carbocycles. The predicted octanol–water partition coefficient (Wildman–Crippen LogP) is 2.33. The molecule has 1 aromatic rings. The first-order valence-electron chi connectivity index (χ1n) is 10.7. The summed E-state index contributed by atoms with van der Waals surface area (Å²) in [6.45, 7) is 1.30. The molecular formula is C22H30FN3O3. The van der Waals surface area contributed by atoms with Crippen molar-refractivity contribution in [1.82, 2.24) is 14.8 Å². The smallest absolute Gasteiger partial charge is 0.255 e. The van der Waals surface area contributed by atoms with E-state index >= 15 is 0 Å². The third-order valence-electron chi connectivity index (χ3n) is 7.12. The standard InChI is InChI=1S/C22H30FN3O3/c1-13-8-15(12-25(2)21(13)28)22(29)26-17-6-7-18(26)10-16(9-17)24-20(27)19-5-3-4-14(19)11-23/h8,12,14,16-19H,3-7,9-11H2,1-2H3,(H,24,27)/t14-,16?,17-,18+,19+/m0/s1. The van der Waals surface area contributed by atoms with Gasteiger partial charge in [0.15, 0.2) is 0 Å². The zero-order valence-corrected chi connectivity index (χ0v) is 17.2. The molecule has 0 spiro atoms. The third-order valence-corrected chi connectivity index (χ3v) is 7.12. The zero-order valence-electron chi connectivity index (χ0n) is 17.2. The van der Waals surface area contributed by atoms with Crippen molar-refractivity contribution in [2.45, 2.75) is 70.0 Å². The van der Waals surface area contributed by atoms with Gasteiger partial charge in [-0.05, 0) is 57.4 Å². The monoisotopic (exact) mass is 403 g/mol. The summed E-state index contributed by atoms with van der Waals surface area (Å²) in [5.41, 5.74) is 1.01. The molecule has 1 aromatic heterocycles. The molecule has 7 heteroatoms. The lowest BCUT2D eigenvalue weighted by Crippen LogP contribution is -2.53. The minimum Gasteiger partial charge on any atom is -0.353 e.